The summed E-state index contributed by atoms with van der Waals surface area (Å²) in [4.78, 5) is 8.11. The second-order valence-electron chi connectivity index (χ2n) is 4.55. The van der Waals surface area contributed by atoms with Crippen molar-refractivity contribution in [1.29, 1.82) is 0 Å². The number of aryl methyl sites for hydroxylation is 1. The molecule has 0 N–H and O–H groups in total. The highest BCUT2D eigenvalue weighted by molar-refractivity contribution is 9.10. The lowest BCUT2D eigenvalue weighted by Gasteiger charge is -2.11. The maximum Gasteiger partial charge on any atom is 0.417 e. The number of hydrogen-bond acceptors (Lipinski definition) is 2. The van der Waals surface area contributed by atoms with Gasteiger partial charge in [-0.2, -0.15) is 13.2 Å². The van der Waals surface area contributed by atoms with E-state index in [2.05, 4.69) is 25.9 Å². The SMILES string of the molecule is Cn1c(-c2cnccc2C(F)(F)F)nc2cc(Br)ccc21. The van der Waals surface area contributed by atoms with E-state index in [1.165, 1.54) is 6.20 Å². The fraction of sp³-hybridized carbons (Fsp3) is 0.143. The molecule has 21 heavy (non-hydrogen) atoms. The molecule has 3 nitrogen and oxygen atoms in total. The number of benzene rings is 1. The minimum atomic E-state index is -4.45. The molecule has 0 aliphatic carbocycles. The van der Waals surface area contributed by atoms with E-state index in [0.717, 1.165) is 22.3 Å². The number of hydrogen-bond donors (Lipinski definition) is 0. The zero-order valence-corrected chi connectivity index (χ0v) is 12.4. The van der Waals surface area contributed by atoms with Crippen LogP contribution in [0.15, 0.2) is 41.1 Å². The number of rotatable bonds is 1. The van der Waals surface area contributed by atoms with Crippen LogP contribution in [0.3, 0.4) is 0 Å². The minimum Gasteiger partial charge on any atom is -0.327 e. The smallest absolute Gasteiger partial charge is 0.327 e. The van der Waals surface area contributed by atoms with Crippen molar-refractivity contribution >= 4 is 27.0 Å². The molecule has 0 spiro atoms. The first-order chi connectivity index (χ1) is 9.88. The van der Waals surface area contributed by atoms with Crippen LogP contribution in [0, 0.1) is 0 Å². The van der Waals surface area contributed by atoms with Crippen LogP contribution in [0.1, 0.15) is 5.56 Å². The highest BCUT2D eigenvalue weighted by Crippen LogP contribution is 2.37. The van der Waals surface area contributed by atoms with E-state index in [9.17, 15) is 13.2 Å². The Morgan fingerprint density at radius 2 is 1.95 bits per heavy atom. The molecule has 0 unspecified atom stereocenters. The first-order valence-corrected chi connectivity index (χ1v) is 6.81. The molecule has 1 aromatic carbocycles. The molecule has 3 aromatic rings. The van der Waals surface area contributed by atoms with E-state index in [4.69, 9.17) is 0 Å². The maximum atomic E-state index is 13.1. The van der Waals surface area contributed by atoms with Gasteiger partial charge in [0.15, 0.2) is 0 Å². The molecule has 0 saturated heterocycles. The standard InChI is InChI=1S/C14H9BrF3N3/c1-21-12-3-2-8(15)6-11(12)20-13(21)9-7-19-5-4-10(9)14(16,17)18/h2-7H,1H3. The summed E-state index contributed by atoms with van der Waals surface area (Å²) in [5.41, 5.74) is 0.610. The molecule has 2 aromatic heterocycles. The lowest BCUT2D eigenvalue weighted by Crippen LogP contribution is -2.09. The van der Waals surface area contributed by atoms with Crippen LogP contribution in [-0.2, 0) is 13.2 Å². The maximum absolute atomic E-state index is 13.1. The van der Waals surface area contributed by atoms with Gasteiger partial charge in [-0.15, -0.1) is 0 Å². The predicted molar refractivity (Wildman–Crippen MR) is 76.6 cm³/mol. The van der Waals surface area contributed by atoms with Crippen LogP contribution in [-0.4, -0.2) is 14.5 Å². The van der Waals surface area contributed by atoms with Crippen LogP contribution in [0.4, 0.5) is 13.2 Å². The topological polar surface area (TPSA) is 30.7 Å². The van der Waals surface area contributed by atoms with Gasteiger partial charge in [0.05, 0.1) is 16.6 Å². The van der Waals surface area contributed by atoms with E-state index >= 15 is 0 Å². The Bertz CT molecular complexity index is 824. The molecule has 0 radical (unpaired) electrons. The molecule has 0 aliphatic heterocycles. The van der Waals surface area contributed by atoms with Crippen LogP contribution >= 0.6 is 15.9 Å². The van der Waals surface area contributed by atoms with E-state index < -0.39 is 11.7 Å². The summed E-state index contributed by atoms with van der Waals surface area (Å²) in [5.74, 6) is 0.239. The first kappa shape index (κ1) is 14.1. The molecule has 2 heterocycles. The quantitative estimate of drug-likeness (QED) is 0.646. The normalized spacial score (nSPS) is 12.0. The Kier molecular flexibility index (Phi) is 3.24. The zero-order chi connectivity index (χ0) is 15.2. The summed E-state index contributed by atoms with van der Waals surface area (Å²) >= 11 is 3.33. The van der Waals surface area contributed by atoms with Crippen molar-refractivity contribution in [2.24, 2.45) is 7.05 Å². The monoisotopic (exact) mass is 355 g/mol. The van der Waals surface area contributed by atoms with Gasteiger partial charge in [0.2, 0.25) is 0 Å². The molecule has 0 amide bonds. The Labute approximate surface area is 126 Å². The van der Waals surface area contributed by atoms with Gasteiger partial charge in [0.1, 0.15) is 5.82 Å². The molecule has 0 atom stereocenters. The summed E-state index contributed by atoms with van der Waals surface area (Å²) in [7, 11) is 1.69. The van der Waals surface area contributed by atoms with Crippen molar-refractivity contribution in [3.05, 3.63) is 46.7 Å². The molecule has 7 heteroatoms. The number of aromatic nitrogens is 3. The molecule has 0 aliphatic rings. The fourth-order valence-corrected chi connectivity index (χ4v) is 2.58. The molecule has 0 saturated carbocycles. The number of imidazole rings is 1. The summed E-state index contributed by atoms with van der Waals surface area (Å²) in [6.07, 6.45) is -2.12. The van der Waals surface area contributed by atoms with Gasteiger partial charge in [-0.3, -0.25) is 4.98 Å². The number of halogens is 4. The number of nitrogens with zero attached hydrogens (tertiary/aromatic N) is 3. The van der Waals surface area contributed by atoms with Crippen LogP contribution in [0.5, 0.6) is 0 Å². The molecule has 0 fully saturated rings. The first-order valence-electron chi connectivity index (χ1n) is 6.01. The van der Waals surface area contributed by atoms with Gasteiger partial charge in [0, 0.05) is 29.5 Å². The third-order valence-corrected chi connectivity index (χ3v) is 3.70. The fourth-order valence-electron chi connectivity index (χ4n) is 2.23. The molecule has 108 valence electrons. The van der Waals surface area contributed by atoms with E-state index in [1.807, 2.05) is 6.07 Å². The van der Waals surface area contributed by atoms with E-state index in [1.54, 1.807) is 23.7 Å². The second kappa shape index (κ2) is 4.84. The van der Waals surface area contributed by atoms with Gasteiger partial charge in [-0.25, -0.2) is 4.98 Å². The van der Waals surface area contributed by atoms with Crippen molar-refractivity contribution < 1.29 is 13.2 Å². The average Bonchev–Trinajstić information content (AvgIpc) is 2.74. The van der Waals surface area contributed by atoms with Crippen LogP contribution < -0.4 is 0 Å². The van der Waals surface area contributed by atoms with Crippen LogP contribution in [0.25, 0.3) is 22.4 Å². The Morgan fingerprint density at radius 1 is 1.19 bits per heavy atom. The van der Waals surface area contributed by atoms with Gasteiger partial charge < -0.3 is 4.57 Å². The van der Waals surface area contributed by atoms with Crippen LogP contribution in [0.2, 0.25) is 0 Å². The number of pyridine rings is 1. The second-order valence-corrected chi connectivity index (χ2v) is 5.46. The Balaban J connectivity index is 2.29. The lowest BCUT2D eigenvalue weighted by molar-refractivity contribution is -0.137. The zero-order valence-electron chi connectivity index (χ0n) is 10.8. The van der Waals surface area contributed by atoms with Gasteiger partial charge >= 0.3 is 6.18 Å². The number of fused-ring (bicyclic) bond motifs is 1. The van der Waals surface area contributed by atoms with Crippen molar-refractivity contribution in [2.75, 3.05) is 0 Å². The Morgan fingerprint density at radius 3 is 2.67 bits per heavy atom. The van der Waals surface area contributed by atoms with Gasteiger partial charge in [-0.05, 0) is 24.3 Å². The minimum absolute atomic E-state index is 0.0279. The third kappa shape index (κ3) is 2.42. The predicted octanol–water partition coefficient (Wildman–Crippen LogP) is 4.42. The Hall–Kier alpha value is -1.89. The third-order valence-electron chi connectivity index (χ3n) is 3.21. The van der Waals surface area contributed by atoms with E-state index in [0.29, 0.717) is 5.52 Å². The summed E-state index contributed by atoms with van der Waals surface area (Å²) in [6.45, 7) is 0. The molecular formula is C14H9BrF3N3. The van der Waals surface area contributed by atoms with Gasteiger partial charge in [0.25, 0.3) is 0 Å². The van der Waals surface area contributed by atoms with Crippen molar-refractivity contribution in [2.45, 2.75) is 6.18 Å². The summed E-state index contributed by atoms with van der Waals surface area (Å²) in [6, 6.07) is 6.36. The van der Waals surface area contributed by atoms with Crippen molar-refractivity contribution in [1.82, 2.24) is 14.5 Å². The lowest BCUT2D eigenvalue weighted by atomic mass is 10.1. The average molecular weight is 356 g/mol. The largest absolute Gasteiger partial charge is 0.417 e. The van der Waals surface area contributed by atoms with Gasteiger partial charge in [-0.1, -0.05) is 15.9 Å². The summed E-state index contributed by atoms with van der Waals surface area (Å²) in [5, 5.41) is 0. The van der Waals surface area contributed by atoms with Crippen molar-refractivity contribution in [3.8, 4) is 11.4 Å². The summed E-state index contributed by atoms with van der Waals surface area (Å²) < 4.78 is 41.8. The van der Waals surface area contributed by atoms with E-state index in [-0.39, 0.29) is 11.4 Å². The number of alkyl halides is 3. The molecule has 0 bridgehead atoms. The molecule has 3 rings (SSSR count). The highest BCUT2D eigenvalue weighted by atomic mass is 79.9. The molecular weight excluding hydrogens is 347 g/mol. The van der Waals surface area contributed by atoms with Crippen molar-refractivity contribution in [3.63, 3.8) is 0 Å². The highest BCUT2D eigenvalue weighted by Gasteiger charge is 2.34.